The minimum atomic E-state index is -0.569. The molecule has 0 aromatic heterocycles. The smallest absolute Gasteiger partial charge is 0.314 e. The van der Waals surface area contributed by atoms with Crippen LogP contribution in [0.5, 0.6) is 11.5 Å². The number of nitro benzene ring substituents is 2. The molecule has 2 aromatic carbocycles. The van der Waals surface area contributed by atoms with Crippen molar-refractivity contribution in [1.29, 1.82) is 5.26 Å². The molecular formula is C15H15N5O6. The van der Waals surface area contributed by atoms with E-state index in [9.17, 15) is 20.2 Å². The van der Waals surface area contributed by atoms with Gasteiger partial charge < -0.3 is 20.9 Å². The molecule has 136 valence electrons. The lowest BCUT2D eigenvalue weighted by molar-refractivity contribution is -0.385. The van der Waals surface area contributed by atoms with Crippen molar-refractivity contribution in [3.63, 3.8) is 0 Å². The lowest BCUT2D eigenvalue weighted by Crippen LogP contribution is -1.98. The molecule has 0 saturated carbocycles. The number of anilines is 2. The largest absolute Gasteiger partial charge is 0.494 e. The van der Waals surface area contributed by atoms with Crippen LogP contribution in [0.25, 0.3) is 0 Å². The van der Waals surface area contributed by atoms with E-state index in [2.05, 4.69) is 0 Å². The normalized spacial score (nSPS) is 9.27. The first-order chi connectivity index (χ1) is 12.2. The van der Waals surface area contributed by atoms with Crippen LogP contribution in [0.1, 0.15) is 5.56 Å². The number of hydrogen-bond donors (Lipinski definition) is 2. The zero-order valence-electron chi connectivity index (χ0n) is 13.8. The number of nitro groups is 2. The van der Waals surface area contributed by atoms with Crippen LogP contribution in [0, 0.1) is 31.6 Å². The third kappa shape index (κ3) is 4.71. The Morgan fingerprint density at radius 1 is 0.962 bits per heavy atom. The number of nitrogens with zero attached hydrogens (tertiary/aromatic N) is 3. The van der Waals surface area contributed by atoms with Crippen molar-refractivity contribution in [2.75, 3.05) is 25.7 Å². The molecule has 0 atom stereocenters. The Kier molecular flexibility index (Phi) is 6.68. The van der Waals surface area contributed by atoms with Crippen molar-refractivity contribution >= 4 is 22.7 Å². The topological polar surface area (TPSA) is 181 Å². The van der Waals surface area contributed by atoms with E-state index in [4.69, 9.17) is 26.2 Å². The van der Waals surface area contributed by atoms with Crippen molar-refractivity contribution in [2.45, 2.75) is 0 Å². The summed E-state index contributed by atoms with van der Waals surface area (Å²) in [5.41, 5.74) is 11.3. The van der Waals surface area contributed by atoms with Crippen LogP contribution in [0.4, 0.5) is 22.7 Å². The van der Waals surface area contributed by atoms with Gasteiger partial charge in [0.05, 0.1) is 41.4 Å². The Morgan fingerprint density at radius 2 is 1.58 bits per heavy atom. The molecule has 2 rings (SSSR count). The van der Waals surface area contributed by atoms with Gasteiger partial charge in [0.15, 0.2) is 5.75 Å². The SMILES string of the molecule is COc1cc([N+](=O)[O-])c(OC)cc1N.N#Cc1cc([N+](=O)[O-])ccc1N. The fraction of sp³-hybridized carbons (Fsp3) is 0.133. The molecule has 0 aliphatic carbocycles. The number of rotatable bonds is 4. The quantitative estimate of drug-likeness (QED) is 0.468. The van der Waals surface area contributed by atoms with Gasteiger partial charge in [-0.25, -0.2) is 0 Å². The summed E-state index contributed by atoms with van der Waals surface area (Å²) in [7, 11) is 2.73. The molecule has 2 aromatic rings. The third-order valence-corrected chi connectivity index (χ3v) is 3.10. The van der Waals surface area contributed by atoms with Crippen molar-refractivity contribution < 1.29 is 19.3 Å². The number of nitriles is 1. The molecule has 0 aliphatic heterocycles. The summed E-state index contributed by atoms with van der Waals surface area (Å²) >= 11 is 0. The Hall–Kier alpha value is -4.07. The van der Waals surface area contributed by atoms with Gasteiger partial charge in [-0.2, -0.15) is 5.26 Å². The number of methoxy groups -OCH3 is 2. The lowest BCUT2D eigenvalue weighted by atomic mass is 10.2. The molecule has 0 amide bonds. The van der Waals surface area contributed by atoms with Gasteiger partial charge in [0.1, 0.15) is 11.8 Å². The first-order valence-corrected chi connectivity index (χ1v) is 6.85. The maximum atomic E-state index is 10.6. The fourth-order valence-electron chi connectivity index (χ4n) is 1.80. The van der Waals surface area contributed by atoms with Crippen LogP contribution < -0.4 is 20.9 Å². The second kappa shape index (κ2) is 8.69. The highest BCUT2D eigenvalue weighted by atomic mass is 16.6. The average molecular weight is 361 g/mol. The summed E-state index contributed by atoms with van der Waals surface area (Å²) in [6, 6.07) is 8.10. The minimum Gasteiger partial charge on any atom is -0.494 e. The third-order valence-electron chi connectivity index (χ3n) is 3.10. The molecule has 0 radical (unpaired) electrons. The Morgan fingerprint density at radius 3 is 2.04 bits per heavy atom. The zero-order valence-corrected chi connectivity index (χ0v) is 13.8. The van der Waals surface area contributed by atoms with Crippen molar-refractivity contribution in [3.8, 4) is 17.6 Å². The van der Waals surface area contributed by atoms with E-state index in [1.54, 1.807) is 6.07 Å². The summed E-state index contributed by atoms with van der Waals surface area (Å²) in [5, 5.41) is 29.3. The van der Waals surface area contributed by atoms with Crippen LogP contribution >= 0.6 is 0 Å². The van der Waals surface area contributed by atoms with Crippen molar-refractivity contribution in [1.82, 2.24) is 0 Å². The Bertz CT molecular complexity index is 878. The second-order valence-corrected chi connectivity index (χ2v) is 4.66. The highest BCUT2D eigenvalue weighted by molar-refractivity contribution is 5.64. The van der Waals surface area contributed by atoms with E-state index >= 15 is 0 Å². The lowest BCUT2D eigenvalue weighted by Gasteiger charge is -2.06. The molecule has 0 aliphatic rings. The number of nitrogen functional groups attached to an aromatic ring is 2. The van der Waals surface area contributed by atoms with Gasteiger partial charge in [0.25, 0.3) is 5.69 Å². The van der Waals surface area contributed by atoms with Gasteiger partial charge in [-0.3, -0.25) is 20.2 Å². The zero-order chi connectivity index (χ0) is 19.9. The van der Waals surface area contributed by atoms with E-state index < -0.39 is 9.85 Å². The number of nitrogens with two attached hydrogens (primary N) is 2. The molecule has 0 heterocycles. The summed E-state index contributed by atoms with van der Waals surface area (Å²) < 4.78 is 9.66. The summed E-state index contributed by atoms with van der Waals surface area (Å²) in [6.45, 7) is 0. The van der Waals surface area contributed by atoms with Gasteiger partial charge >= 0.3 is 5.69 Å². The molecule has 11 nitrogen and oxygen atoms in total. The van der Waals surface area contributed by atoms with E-state index in [1.165, 1.54) is 38.5 Å². The number of non-ortho nitro benzene ring substituents is 1. The predicted molar refractivity (Wildman–Crippen MR) is 92.8 cm³/mol. The maximum absolute atomic E-state index is 10.6. The first-order valence-electron chi connectivity index (χ1n) is 6.85. The molecular weight excluding hydrogens is 346 g/mol. The highest BCUT2D eigenvalue weighted by Gasteiger charge is 2.18. The van der Waals surface area contributed by atoms with Crippen LogP contribution in [0.15, 0.2) is 30.3 Å². The highest BCUT2D eigenvalue weighted by Crippen LogP contribution is 2.35. The van der Waals surface area contributed by atoms with Gasteiger partial charge in [0, 0.05) is 23.9 Å². The predicted octanol–water partition coefficient (Wildman–Crippen LogP) is 2.24. The van der Waals surface area contributed by atoms with Crippen molar-refractivity contribution in [2.24, 2.45) is 0 Å². The molecule has 0 unspecified atom stereocenters. The standard InChI is InChI=1S/C8H10N2O4.C7H5N3O2/c1-13-7-4-6(10(11)12)8(14-2)3-5(7)9;8-4-5-3-6(10(11)12)1-2-7(5)9/h3-4H,9H2,1-2H3;1-3H,9H2. The molecule has 26 heavy (non-hydrogen) atoms. The van der Waals surface area contributed by atoms with Crippen molar-refractivity contribution in [3.05, 3.63) is 56.1 Å². The fourth-order valence-corrected chi connectivity index (χ4v) is 1.80. The average Bonchev–Trinajstić information content (AvgIpc) is 2.61. The first kappa shape index (κ1) is 20.0. The van der Waals surface area contributed by atoms with Gasteiger partial charge in [-0.05, 0) is 6.07 Å². The van der Waals surface area contributed by atoms with E-state index in [-0.39, 0.29) is 34.1 Å². The number of hydrogen-bond acceptors (Lipinski definition) is 9. The maximum Gasteiger partial charge on any atom is 0.314 e. The van der Waals surface area contributed by atoms with Crippen LogP contribution in [0.3, 0.4) is 0 Å². The molecule has 0 saturated heterocycles. The van der Waals surface area contributed by atoms with Gasteiger partial charge in [-0.1, -0.05) is 0 Å². The van der Waals surface area contributed by atoms with Crippen LogP contribution in [-0.2, 0) is 0 Å². The van der Waals surface area contributed by atoms with Gasteiger partial charge in [-0.15, -0.1) is 0 Å². The summed E-state index contributed by atoms with van der Waals surface area (Å²) in [5.74, 6) is 0.380. The molecule has 0 fully saturated rings. The summed E-state index contributed by atoms with van der Waals surface area (Å²) in [4.78, 5) is 19.7. The minimum absolute atomic E-state index is 0.119. The molecule has 11 heteroatoms. The number of benzene rings is 2. The van der Waals surface area contributed by atoms with E-state index in [1.807, 2.05) is 0 Å². The van der Waals surface area contributed by atoms with Crippen LogP contribution in [-0.4, -0.2) is 24.1 Å². The Balaban J connectivity index is 0.000000263. The molecule has 0 bridgehead atoms. The number of ether oxygens (including phenoxy) is 2. The Labute approximate surface area is 147 Å². The van der Waals surface area contributed by atoms with Gasteiger partial charge in [0.2, 0.25) is 0 Å². The van der Waals surface area contributed by atoms with Crippen LogP contribution in [0.2, 0.25) is 0 Å². The monoisotopic (exact) mass is 361 g/mol. The summed E-state index contributed by atoms with van der Waals surface area (Å²) in [6.07, 6.45) is 0. The van der Waals surface area contributed by atoms with E-state index in [0.29, 0.717) is 5.69 Å². The second-order valence-electron chi connectivity index (χ2n) is 4.66. The molecule has 4 N–H and O–H groups in total. The molecule has 0 spiro atoms. The van der Waals surface area contributed by atoms with E-state index in [0.717, 1.165) is 6.07 Å².